The van der Waals surface area contributed by atoms with Gasteiger partial charge >= 0.3 is 0 Å². The Kier molecular flexibility index (Phi) is 5.37. The highest BCUT2D eigenvalue weighted by Gasteiger charge is 2.17. The summed E-state index contributed by atoms with van der Waals surface area (Å²) < 4.78 is 0.972. The van der Waals surface area contributed by atoms with Crippen molar-refractivity contribution >= 4 is 27.9 Å². The van der Waals surface area contributed by atoms with E-state index < -0.39 is 0 Å². The number of halogens is 1. The van der Waals surface area contributed by atoms with E-state index in [2.05, 4.69) is 21.2 Å². The Bertz CT molecular complexity index is 537. The number of benzene rings is 1. The van der Waals surface area contributed by atoms with Crippen LogP contribution in [0.3, 0.4) is 0 Å². The second-order valence-electron chi connectivity index (χ2n) is 5.03. The van der Waals surface area contributed by atoms with E-state index in [-0.39, 0.29) is 17.5 Å². The van der Waals surface area contributed by atoms with Crippen LogP contribution in [0, 0.1) is 11.3 Å². The zero-order valence-corrected chi connectivity index (χ0v) is 12.8. The molecule has 0 saturated heterocycles. The summed E-state index contributed by atoms with van der Waals surface area (Å²) in [5.74, 6) is -0.262. The van der Waals surface area contributed by atoms with E-state index in [0.29, 0.717) is 0 Å². The van der Waals surface area contributed by atoms with Gasteiger partial charge in [-0.25, -0.2) is 0 Å². The summed E-state index contributed by atoms with van der Waals surface area (Å²) in [4.78, 5) is 12.1. The number of nitrogens with one attached hydrogen (secondary N) is 1. The van der Waals surface area contributed by atoms with E-state index in [4.69, 9.17) is 5.26 Å². The Balaban J connectivity index is 2.05. The fraction of sp³-hybridized carbons (Fsp3) is 0.375. The Labute approximate surface area is 127 Å². The van der Waals surface area contributed by atoms with Crippen LogP contribution in [0.4, 0.5) is 0 Å². The van der Waals surface area contributed by atoms with Gasteiger partial charge in [0.05, 0.1) is 0 Å². The SMILES string of the molecule is N#C/C(=C/c1ccc(Br)cc1)C(=O)NC1CCCCC1. The summed E-state index contributed by atoms with van der Waals surface area (Å²) >= 11 is 3.36. The van der Waals surface area contributed by atoms with Crippen molar-refractivity contribution in [2.45, 2.75) is 38.1 Å². The highest BCUT2D eigenvalue weighted by atomic mass is 79.9. The molecule has 1 N–H and O–H groups in total. The highest BCUT2D eigenvalue weighted by molar-refractivity contribution is 9.10. The zero-order valence-electron chi connectivity index (χ0n) is 11.2. The maximum Gasteiger partial charge on any atom is 0.262 e. The van der Waals surface area contributed by atoms with Crippen molar-refractivity contribution in [2.24, 2.45) is 0 Å². The van der Waals surface area contributed by atoms with Gasteiger partial charge in [-0.2, -0.15) is 5.26 Å². The molecule has 1 aliphatic carbocycles. The van der Waals surface area contributed by atoms with E-state index in [0.717, 1.165) is 35.7 Å². The normalized spacial score (nSPS) is 16.5. The third-order valence-electron chi connectivity index (χ3n) is 3.49. The average molecular weight is 333 g/mol. The second-order valence-corrected chi connectivity index (χ2v) is 5.95. The van der Waals surface area contributed by atoms with E-state index >= 15 is 0 Å². The molecule has 2 rings (SSSR count). The van der Waals surface area contributed by atoms with Crippen molar-refractivity contribution < 1.29 is 4.79 Å². The van der Waals surface area contributed by atoms with Crippen LogP contribution in [0.5, 0.6) is 0 Å². The number of hydrogen-bond acceptors (Lipinski definition) is 2. The van der Waals surface area contributed by atoms with Crippen LogP contribution in [0.1, 0.15) is 37.7 Å². The molecule has 0 radical (unpaired) electrons. The quantitative estimate of drug-likeness (QED) is 0.676. The monoisotopic (exact) mass is 332 g/mol. The molecular weight excluding hydrogens is 316 g/mol. The lowest BCUT2D eigenvalue weighted by molar-refractivity contribution is -0.117. The molecular formula is C16H17BrN2O. The first kappa shape index (κ1) is 14.8. The van der Waals surface area contributed by atoms with Gasteiger partial charge in [-0.1, -0.05) is 47.3 Å². The molecule has 0 spiro atoms. The third-order valence-corrected chi connectivity index (χ3v) is 4.02. The van der Waals surface area contributed by atoms with Gasteiger partial charge in [-0.05, 0) is 36.6 Å². The lowest BCUT2D eigenvalue weighted by atomic mass is 9.95. The van der Waals surface area contributed by atoms with Crippen LogP contribution in [0.15, 0.2) is 34.3 Å². The molecule has 1 aromatic carbocycles. The van der Waals surface area contributed by atoms with Gasteiger partial charge in [-0.15, -0.1) is 0 Å². The smallest absolute Gasteiger partial charge is 0.262 e. The van der Waals surface area contributed by atoms with Crippen LogP contribution in [0.25, 0.3) is 6.08 Å². The minimum Gasteiger partial charge on any atom is -0.349 e. The average Bonchev–Trinajstić information content (AvgIpc) is 2.47. The van der Waals surface area contributed by atoms with Gasteiger partial charge in [-0.3, -0.25) is 4.79 Å². The topological polar surface area (TPSA) is 52.9 Å². The summed E-state index contributed by atoms with van der Waals surface area (Å²) in [7, 11) is 0. The number of rotatable bonds is 3. The molecule has 1 aromatic rings. The van der Waals surface area contributed by atoms with E-state index in [1.807, 2.05) is 30.3 Å². The maximum absolute atomic E-state index is 12.1. The standard InChI is InChI=1S/C16H17BrN2O/c17-14-8-6-12(7-9-14)10-13(11-18)16(20)19-15-4-2-1-3-5-15/h6-10,15H,1-5H2,(H,19,20)/b13-10-. The fourth-order valence-electron chi connectivity index (χ4n) is 2.38. The van der Waals surface area contributed by atoms with Crippen molar-refractivity contribution in [1.29, 1.82) is 5.26 Å². The summed E-state index contributed by atoms with van der Waals surface area (Å²) in [6.45, 7) is 0. The fourth-order valence-corrected chi connectivity index (χ4v) is 2.65. The Morgan fingerprint density at radius 2 is 1.90 bits per heavy atom. The van der Waals surface area contributed by atoms with E-state index in [9.17, 15) is 4.79 Å². The van der Waals surface area contributed by atoms with Crippen molar-refractivity contribution in [2.75, 3.05) is 0 Å². The summed E-state index contributed by atoms with van der Waals surface area (Å²) in [6, 6.07) is 9.73. The second kappa shape index (κ2) is 7.25. The predicted octanol–water partition coefficient (Wildman–Crippen LogP) is 3.80. The Morgan fingerprint density at radius 1 is 1.25 bits per heavy atom. The van der Waals surface area contributed by atoms with Gasteiger partial charge in [0.1, 0.15) is 11.6 Å². The van der Waals surface area contributed by atoms with Crippen molar-refractivity contribution in [3.63, 3.8) is 0 Å². The summed E-state index contributed by atoms with van der Waals surface area (Å²) in [5, 5.41) is 12.1. The first-order valence-electron chi connectivity index (χ1n) is 6.87. The van der Waals surface area contributed by atoms with Crippen LogP contribution in [0.2, 0.25) is 0 Å². The number of carbonyl (C=O) groups excluding carboxylic acids is 1. The molecule has 0 unspecified atom stereocenters. The lowest BCUT2D eigenvalue weighted by Crippen LogP contribution is -2.36. The van der Waals surface area contributed by atoms with E-state index in [1.54, 1.807) is 6.08 Å². The first-order chi connectivity index (χ1) is 9.69. The molecule has 0 atom stereocenters. The van der Waals surface area contributed by atoms with Crippen molar-refractivity contribution in [3.05, 3.63) is 39.9 Å². The molecule has 1 amide bonds. The van der Waals surface area contributed by atoms with Gasteiger partial charge < -0.3 is 5.32 Å². The number of nitriles is 1. The van der Waals surface area contributed by atoms with Crippen molar-refractivity contribution in [1.82, 2.24) is 5.32 Å². The van der Waals surface area contributed by atoms with Crippen LogP contribution in [-0.2, 0) is 4.79 Å². The van der Waals surface area contributed by atoms with Gasteiger partial charge in [0.25, 0.3) is 5.91 Å². The maximum atomic E-state index is 12.1. The largest absolute Gasteiger partial charge is 0.349 e. The number of nitrogens with zero attached hydrogens (tertiary/aromatic N) is 1. The van der Waals surface area contributed by atoms with Crippen LogP contribution in [-0.4, -0.2) is 11.9 Å². The number of amides is 1. The summed E-state index contributed by atoms with van der Waals surface area (Å²) in [6.07, 6.45) is 7.22. The van der Waals surface area contributed by atoms with Crippen LogP contribution < -0.4 is 5.32 Å². The molecule has 0 heterocycles. The molecule has 1 aliphatic rings. The molecule has 0 bridgehead atoms. The molecule has 0 aliphatic heterocycles. The number of carbonyl (C=O) groups is 1. The van der Waals surface area contributed by atoms with Gasteiger partial charge in [0.2, 0.25) is 0 Å². The summed E-state index contributed by atoms with van der Waals surface area (Å²) in [5.41, 5.74) is 1.02. The third kappa shape index (κ3) is 4.21. The molecule has 20 heavy (non-hydrogen) atoms. The Hall–Kier alpha value is -1.60. The minimum atomic E-state index is -0.262. The number of hydrogen-bond donors (Lipinski definition) is 1. The van der Waals surface area contributed by atoms with Crippen molar-refractivity contribution in [3.8, 4) is 6.07 Å². The predicted molar refractivity (Wildman–Crippen MR) is 82.7 cm³/mol. The molecule has 1 saturated carbocycles. The highest BCUT2D eigenvalue weighted by Crippen LogP contribution is 2.18. The molecule has 104 valence electrons. The molecule has 4 heteroatoms. The molecule has 3 nitrogen and oxygen atoms in total. The van der Waals surface area contributed by atoms with Crippen LogP contribution >= 0.6 is 15.9 Å². The van der Waals surface area contributed by atoms with Gasteiger partial charge in [0.15, 0.2) is 0 Å². The molecule has 1 fully saturated rings. The Morgan fingerprint density at radius 3 is 2.50 bits per heavy atom. The first-order valence-corrected chi connectivity index (χ1v) is 7.66. The lowest BCUT2D eigenvalue weighted by Gasteiger charge is -2.22. The van der Waals surface area contributed by atoms with Gasteiger partial charge in [0, 0.05) is 10.5 Å². The minimum absolute atomic E-state index is 0.165. The van der Waals surface area contributed by atoms with E-state index in [1.165, 1.54) is 6.42 Å². The molecule has 0 aromatic heterocycles. The zero-order chi connectivity index (χ0) is 14.4.